The van der Waals surface area contributed by atoms with Crippen molar-refractivity contribution in [2.75, 3.05) is 18.4 Å². The van der Waals surface area contributed by atoms with Crippen LogP contribution in [0.15, 0.2) is 22.9 Å². The molecule has 1 aliphatic heterocycles. The van der Waals surface area contributed by atoms with Crippen molar-refractivity contribution >= 4 is 33.5 Å². The molecule has 1 saturated heterocycles. The van der Waals surface area contributed by atoms with Gasteiger partial charge in [-0.25, -0.2) is 14.3 Å². The van der Waals surface area contributed by atoms with Gasteiger partial charge in [0.25, 0.3) is 0 Å². The Kier molecular flexibility index (Phi) is 5.17. The first-order valence-corrected chi connectivity index (χ1v) is 9.36. The molecule has 1 unspecified atom stereocenters. The lowest BCUT2D eigenvalue weighted by atomic mass is 10.1. The fourth-order valence-electron chi connectivity index (χ4n) is 3.00. The van der Waals surface area contributed by atoms with E-state index in [0.29, 0.717) is 0 Å². The van der Waals surface area contributed by atoms with Crippen molar-refractivity contribution in [3.8, 4) is 0 Å². The Bertz CT molecular complexity index is 755. The van der Waals surface area contributed by atoms with E-state index < -0.39 is 5.60 Å². The zero-order valence-corrected chi connectivity index (χ0v) is 16.4. The Labute approximate surface area is 155 Å². The number of anilines is 1. The number of likely N-dealkylation sites (tertiary alicyclic amines) is 1. The Hall–Kier alpha value is -1.83. The summed E-state index contributed by atoms with van der Waals surface area (Å²) in [6, 6.07) is 2.11. The first-order chi connectivity index (χ1) is 11.8. The molecular formula is C17H24BrN5O2. The highest BCUT2D eigenvalue weighted by molar-refractivity contribution is 9.10. The molecule has 0 spiro atoms. The maximum atomic E-state index is 12.3. The molecule has 1 atom stereocenters. The molecule has 0 saturated carbocycles. The predicted octanol–water partition coefficient (Wildman–Crippen LogP) is 3.69. The van der Waals surface area contributed by atoms with E-state index in [1.807, 2.05) is 37.9 Å². The number of halogens is 1. The van der Waals surface area contributed by atoms with Gasteiger partial charge in [0.05, 0.1) is 10.7 Å². The number of nitrogens with one attached hydrogen (secondary N) is 1. The third kappa shape index (κ3) is 4.42. The van der Waals surface area contributed by atoms with E-state index in [1.165, 1.54) is 0 Å². The van der Waals surface area contributed by atoms with E-state index >= 15 is 0 Å². The molecule has 1 fully saturated rings. The van der Waals surface area contributed by atoms with Gasteiger partial charge in [-0.3, -0.25) is 0 Å². The molecule has 25 heavy (non-hydrogen) atoms. The second kappa shape index (κ2) is 7.19. The minimum atomic E-state index is -0.458. The van der Waals surface area contributed by atoms with Gasteiger partial charge in [-0.1, -0.05) is 0 Å². The third-order valence-corrected chi connectivity index (χ3v) is 4.67. The molecule has 0 aliphatic carbocycles. The Morgan fingerprint density at radius 2 is 2.28 bits per heavy atom. The van der Waals surface area contributed by atoms with Crippen LogP contribution >= 0.6 is 15.9 Å². The molecule has 2 aromatic rings. The maximum Gasteiger partial charge on any atom is 0.410 e. The van der Waals surface area contributed by atoms with Crippen molar-refractivity contribution in [3.63, 3.8) is 0 Å². The monoisotopic (exact) mass is 409 g/mol. The number of hydrogen-bond acceptors (Lipinski definition) is 5. The van der Waals surface area contributed by atoms with E-state index in [9.17, 15) is 4.79 Å². The molecule has 1 N–H and O–H groups in total. The number of fused-ring (bicyclic) bond motifs is 1. The summed E-state index contributed by atoms with van der Waals surface area (Å²) >= 11 is 3.44. The smallest absolute Gasteiger partial charge is 0.410 e. The van der Waals surface area contributed by atoms with Crippen molar-refractivity contribution in [3.05, 3.63) is 22.9 Å². The Morgan fingerprint density at radius 3 is 3.04 bits per heavy atom. The highest BCUT2D eigenvalue weighted by atomic mass is 79.9. The predicted molar refractivity (Wildman–Crippen MR) is 99.8 cm³/mol. The summed E-state index contributed by atoms with van der Waals surface area (Å²) < 4.78 is 8.09. The number of nitrogens with zero attached hydrogens (tertiary/aromatic N) is 4. The number of aromatic nitrogens is 3. The summed E-state index contributed by atoms with van der Waals surface area (Å²) in [6.45, 7) is 7.21. The lowest BCUT2D eigenvalue weighted by molar-refractivity contribution is 0.0223. The SMILES string of the molecule is CC(C)(C)OC(=O)N1CCCC1CCNc1ccn2ncc(Br)c2n1. The topological polar surface area (TPSA) is 71.8 Å². The molecule has 136 valence electrons. The van der Waals surface area contributed by atoms with Gasteiger partial charge in [0.1, 0.15) is 11.4 Å². The van der Waals surface area contributed by atoms with E-state index in [2.05, 4.69) is 31.3 Å². The number of carbonyl (C=O) groups excluding carboxylic acids is 1. The maximum absolute atomic E-state index is 12.3. The lowest BCUT2D eigenvalue weighted by Gasteiger charge is -2.28. The van der Waals surface area contributed by atoms with E-state index in [1.54, 1.807) is 10.7 Å². The fraction of sp³-hybridized carbons (Fsp3) is 0.588. The van der Waals surface area contributed by atoms with E-state index in [4.69, 9.17) is 4.74 Å². The first-order valence-electron chi connectivity index (χ1n) is 8.57. The summed E-state index contributed by atoms with van der Waals surface area (Å²) in [6.07, 6.45) is 6.30. The molecular weight excluding hydrogens is 386 g/mol. The van der Waals surface area contributed by atoms with Gasteiger partial charge in [0.15, 0.2) is 5.65 Å². The molecule has 0 bridgehead atoms. The second-order valence-electron chi connectivity index (χ2n) is 7.26. The van der Waals surface area contributed by atoms with Crippen LogP contribution in [0.5, 0.6) is 0 Å². The number of ether oxygens (including phenoxy) is 1. The van der Waals surface area contributed by atoms with E-state index in [-0.39, 0.29) is 12.1 Å². The summed E-state index contributed by atoms with van der Waals surface area (Å²) in [5, 5.41) is 7.52. The minimum Gasteiger partial charge on any atom is -0.444 e. The molecule has 3 rings (SSSR count). The van der Waals surface area contributed by atoms with Gasteiger partial charge in [-0.05, 0) is 62.0 Å². The minimum absolute atomic E-state index is 0.210. The second-order valence-corrected chi connectivity index (χ2v) is 8.11. The molecule has 1 amide bonds. The molecule has 1 aliphatic rings. The van der Waals surface area contributed by atoms with Gasteiger partial charge in [0, 0.05) is 25.3 Å². The fourth-order valence-corrected chi connectivity index (χ4v) is 3.36. The van der Waals surface area contributed by atoms with Crippen LogP contribution in [0.1, 0.15) is 40.0 Å². The average Bonchev–Trinajstić information content (AvgIpc) is 3.13. The highest BCUT2D eigenvalue weighted by Gasteiger charge is 2.31. The summed E-state index contributed by atoms with van der Waals surface area (Å²) in [7, 11) is 0. The number of hydrogen-bond donors (Lipinski definition) is 1. The van der Waals surface area contributed by atoms with Crippen molar-refractivity contribution in [2.24, 2.45) is 0 Å². The quantitative estimate of drug-likeness (QED) is 0.833. The zero-order chi connectivity index (χ0) is 18.0. The molecule has 7 nitrogen and oxygen atoms in total. The van der Waals surface area contributed by atoms with Crippen LogP contribution in [0, 0.1) is 0 Å². The molecule has 2 aromatic heterocycles. The van der Waals surface area contributed by atoms with Crippen LogP contribution in [-0.4, -0.2) is 50.3 Å². The highest BCUT2D eigenvalue weighted by Crippen LogP contribution is 2.23. The zero-order valence-electron chi connectivity index (χ0n) is 14.8. The summed E-state index contributed by atoms with van der Waals surface area (Å²) in [5.74, 6) is 0.801. The van der Waals surface area contributed by atoms with Crippen LogP contribution in [0.25, 0.3) is 5.65 Å². The standard InChI is InChI=1S/C17H24BrN5O2/c1-17(2,3)25-16(24)22-9-4-5-12(22)6-8-19-14-7-10-23-15(21-14)13(18)11-20-23/h7,10-12H,4-6,8-9H2,1-3H3,(H,19,21). The Balaban J connectivity index is 1.55. The largest absolute Gasteiger partial charge is 0.444 e. The molecule has 0 radical (unpaired) electrons. The van der Waals surface area contributed by atoms with Crippen molar-refractivity contribution in [1.29, 1.82) is 0 Å². The number of carbonyl (C=O) groups is 1. The van der Waals surface area contributed by atoms with Gasteiger partial charge in [-0.15, -0.1) is 0 Å². The molecule has 0 aromatic carbocycles. The van der Waals surface area contributed by atoms with Crippen LogP contribution in [0.3, 0.4) is 0 Å². The molecule has 3 heterocycles. The van der Waals surface area contributed by atoms with Crippen molar-refractivity contribution in [1.82, 2.24) is 19.5 Å². The van der Waals surface area contributed by atoms with Crippen LogP contribution < -0.4 is 5.32 Å². The summed E-state index contributed by atoms with van der Waals surface area (Å²) in [4.78, 5) is 18.7. The normalized spacial score (nSPS) is 17.9. The van der Waals surface area contributed by atoms with Crippen LogP contribution in [0.2, 0.25) is 0 Å². The third-order valence-electron chi connectivity index (χ3n) is 4.11. The van der Waals surface area contributed by atoms with Crippen molar-refractivity contribution < 1.29 is 9.53 Å². The first kappa shape index (κ1) is 18.0. The van der Waals surface area contributed by atoms with Gasteiger partial charge < -0.3 is 15.0 Å². The number of amides is 1. The molecule has 8 heteroatoms. The lowest BCUT2D eigenvalue weighted by Crippen LogP contribution is -2.40. The van der Waals surface area contributed by atoms with Crippen LogP contribution in [-0.2, 0) is 4.74 Å². The van der Waals surface area contributed by atoms with Gasteiger partial charge >= 0.3 is 6.09 Å². The van der Waals surface area contributed by atoms with E-state index in [0.717, 1.165) is 48.3 Å². The summed E-state index contributed by atoms with van der Waals surface area (Å²) in [5.41, 5.74) is 0.321. The van der Waals surface area contributed by atoms with Crippen molar-refractivity contribution in [2.45, 2.75) is 51.7 Å². The van der Waals surface area contributed by atoms with Gasteiger partial charge in [0.2, 0.25) is 0 Å². The average molecular weight is 410 g/mol. The van der Waals surface area contributed by atoms with Crippen LogP contribution in [0.4, 0.5) is 10.6 Å². The van der Waals surface area contributed by atoms with Gasteiger partial charge in [-0.2, -0.15) is 5.10 Å². The Morgan fingerprint density at radius 1 is 1.48 bits per heavy atom. The number of rotatable bonds is 4.